The largest absolute Gasteiger partial charge is 0.280 e. The van der Waals surface area contributed by atoms with E-state index in [0.717, 1.165) is 18.2 Å². The quantitative estimate of drug-likeness (QED) is 0.944. The van der Waals surface area contributed by atoms with Crippen LogP contribution >= 0.6 is 0 Å². The number of anilines is 1. The summed E-state index contributed by atoms with van der Waals surface area (Å²) in [7, 11) is -3.89. The second kappa shape index (κ2) is 5.89. The molecule has 7 heteroatoms. The number of nitrogens with zero attached hydrogens (tertiary/aromatic N) is 1. The lowest BCUT2D eigenvalue weighted by molar-refractivity contribution is 0.594. The molecule has 0 saturated heterocycles. The van der Waals surface area contributed by atoms with Crippen molar-refractivity contribution in [2.24, 2.45) is 0 Å². The summed E-state index contributed by atoms with van der Waals surface area (Å²) >= 11 is 0. The first-order valence-electron chi connectivity index (χ1n) is 5.84. The van der Waals surface area contributed by atoms with Gasteiger partial charge in [0.05, 0.1) is 23.1 Å². The molecule has 0 aliphatic heterocycles. The predicted molar refractivity (Wildman–Crippen MR) is 73.8 cm³/mol. The molecule has 0 unspecified atom stereocenters. The third-order valence-corrected chi connectivity index (χ3v) is 3.88. The molecule has 0 heterocycles. The SMILES string of the molecule is N#Cc1ccc(CS(=O)(=O)Nc2cc(F)ccc2F)cc1. The van der Waals surface area contributed by atoms with Gasteiger partial charge in [-0.1, -0.05) is 12.1 Å². The molecule has 0 aliphatic carbocycles. The Labute approximate surface area is 120 Å². The Hall–Kier alpha value is -2.46. The Bertz CT molecular complexity index is 797. The van der Waals surface area contributed by atoms with Gasteiger partial charge in [-0.15, -0.1) is 0 Å². The normalized spacial score (nSPS) is 10.9. The molecule has 0 fully saturated rings. The third kappa shape index (κ3) is 4.00. The number of halogens is 2. The zero-order valence-corrected chi connectivity index (χ0v) is 11.5. The summed E-state index contributed by atoms with van der Waals surface area (Å²) in [6.07, 6.45) is 0. The molecule has 0 saturated carbocycles. The van der Waals surface area contributed by atoms with Gasteiger partial charge in [0, 0.05) is 6.07 Å². The van der Waals surface area contributed by atoms with E-state index >= 15 is 0 Å². The third-order valence-electron chi connectivity index (χ3n) is 2.63. The smallest absolute Gasteiger partial charge is 0.237 e. The van der Waals surface area contributed by atoms with Gasteiger partial charge in [0.2, 0.25) is 10.0 Å². The number of nitrogens with one attached hydrogen (secondary N) is 1. The van der Waals surface area contributed by atoms with Crippen LogP contribution in [0, 0.1) is 23.0 Å². The maximum Gasteiger partial charge on any atom is 0.237 e. The summed E-state index contributed by atoms with van der Waals surface area (Å²) in [4.78, 5) is 0. The van der Waals surface area contributed by atoms with Gasteiger partial charge in [0.1, 0.15) is 11.6 Å². The Kier molecular flexibility index (Phi) is 4.19. The first-order chi connectivity index (χ1) is 9.89. The van der Waals surface area contributed by atoms with Crippen molar-refractivity contribution in [3.63, 3.8) is 0 Å². The summed E-state index contributed by atoms with van der Waals surface area (Å²) in [6.45, 7) is 0. The maximum atomic E-state index is 13.4. The van der Waals surface area contributed by atoms with Crippen molar-refractivity contribution in [3.8, 4) is 6.07 Å². The Morgan fingerprint density at radius 2 is 1.76 bits per heavy atom. The first-order valence-corrected chi connectivity index (χ1v) is 7.49. The molecule has 0 atom stereocenters. The standard InChI is InChI=1S/C14H10F2N2O2S/c15-12-5-6-13(16)14(7-12)18-21(19,20)9-11-3-1-10(8-17)2-4-11/h1-7,18H,9H2. The van der Waals surface area contributed by atoms with Gasteiger partial charge in [0.15, 0.2) is 0 Å². The molecule has 108 valence electrons. The van der Waals surface area contributed by atoms with E-state index in [0.29, 0.717) is 11.1 Å². The number of hydrogen-bond acceptors (Lipinski definition) is 3. The number of benzene rings is 2. The average Bonchev–Trinajstić information content (AvgIpc) is 2.43. The van der Waals surface area contributed by atoms with Crippen LogP contribution < -0.4 is 4.72 Å². The lowest BCUT2D eigenvalue weighted by Crippen LogP contribution is -2.16. The van der Waals surface area contributed by atoms with Crippen molar-refractivity contribution in [2.75, 3.05) is 4.72 Å². The highest BCUT2D eigenvalue weighted by atomic mass is 32.2. The Balaban J connectivity index is 2.18. The molecule has 2 rings (SSSR count). The fourth-order valence-electron chi connectivity index (χ4n) is 1.67. The highest BCUT2D eigenvalue weighted by Gasteiger charge is 2.15. The van der Waals surface area contributed by atoms with Crippen molar-refractivity contribution in [3.05, 3.63) is 65.2 Å². The van der Waals surface area contributed by atoms with E-state index < -0.39 is 33.1 Å². The molecule has 21 heavy (non-hydrogen) atoms. The zero-order valence-electron chi connectivity index (χ0n) is 10.7. The summed E-state index contributed by atoms with van der Waals surface area (Å²) < 4.78 is 52.2. The fraction of sp³-hybridized carbons (Fsp3) is 0.0714. The van der Waals surface area contributed by atoms with Crippen molar-refractivity contribution in [1.29, 1.82) is 5.26 Å². The van der Waals surface area contributed by atoms with Gasteiger partial charge in [-0.3, -0.25) is 4.72 Å². The lowest BCUT2D eigenvalue weighted by atomic mass is 10.2. The monoisotopic (exact) mass is 308 g/mol. The van der Waals surface area contributed by atoms with Crippen LogP contribution in [-0.4, -0.2) is 8.42 Å². The second-order valence-electron chi connectivity index (χ2n) is 4.29. The number of hydrogen-bond donors (Lipinski definition) is 1. The predicted octanol–water partition coefficient (Wildman–Crippen LogP) is 2.78. The molecule has 0 amide bonds. The fourth-order valence-corrected chi connectivity index (χ4v) is 2.87. The van der Waals surface area contributed by atoms with E-state index in [-0.39, 0.29) is 0 Å². The number of rotatable bonds is 4. The highest BCUT2D eigenvalue weighted by molar-refractivity contribution is 7.91. The molecule has 2 aromatic rings. The number of sulfonamides is 1. The molecule has 1 N–H and O–H groups in total. The van der Waals surface area contributed by atoms with Crippen molar-refractivity contribution in [1.82, 2.24) is 0 Å². The Morgan fingerprint density at radius 3 is 2.38 bits per heavy atom. The van der Waals surface area contributed by atoms with E-state index in [9.17, 15) is 17.2 Å². The van der Waals surface area contributed by atoms with E-state index in [1.54, 1.807) is 0 Å². The van der Waals surface area contributed by atoms with Crippen LogP contribution in [0.15, 0.2) is 42.5 Å². The van der Waals surface area contributed by atoms with Crippen LogP contribution in [0.3, 0.4) is 0 Å². The van der Waals surface area contributed by atoms with Gasteiger partial charge in [0.25, 0.3) is 0 Å². The number of nitriles is 1. The van der Waals surface area contributed by atoms with Gasteiger partial charge >= 0.3 is 0 Å². The highest BCUT2D eigenvalue weighted by Crippen LogP contribution is 2.18. The van der Waals surface area contributed by atoms with Crippen molar-refractivity contribution < 1.29 is 17.2 Å². The van der Waals surface area contributed by atoms with Crippen molar-refractivity contribution >= 4 is 15.7 Å². The molecule has 0 aliphatic rings. The zero-order chi connectivity index (χ0) is 15.5. The summed E-state index contributed by atoms with van der Waals surface area (Å²) in [5, 5.41) is 8.65. The van der Waals surface area contributed by atoms with E-state index in [1.807, 2.05) is 10.8 Å². The van der Waals surface area contributed by atoms with Gasteiger partial charge in [-0.05, 0) is 29.8 Å². The van der Waals surface area contributed by atoms with Gasteiger partial charge in [-0.2, -0.15) is 5.26 Å². The van der Waals surface area contributed by atoms with Crippen LogP contribution in [0.2, 0.25) is 0 Å². The summed E-state index contributed by atoms with van der Waals surface area (Å²) in [5.41, 5.74) is 0.391. The van der Waals surface area contributed by atoms with E-state index in [4.69, 9.17) is 5.26 Å². The van der Waals surface area contributed by atoms with Crippen LogP contribution in [0.5, 0.6) is 0 Å². The summed E-state index contributed by atoms with van der Waals surface area (Å²) in [6, 6.07) is 10.4. The van der Waals surface area contributed by atoms with Crippen molar-refractivity contribution in [2.45, 2.75) is 5.75 Å². The minimum Gasteiger partial charge on any atom is -0.280 e. The first kappa shape index (κ1) is 14.9. The molecular weight excluding hydrogens is 298 g/mol. The second-order valence-corrected chi connectivity index (χ2v) is 6.02. The van der Waals surface area contributed by atoms with Crippen LogP contribution in [0.4, 0.5) is 14.5 Å². The average molecular weight is 308 g/mol. The molecule has 0 aromatic heterocycles. The van der Waals surface area contributed by atoms with E-state index in [1.165, 1.54) is 24.3 Å². The van der Waals surface area contributed by atoms with Crippen LogP contribution in [-0.2, 0) is 15.8 Å². The minimum atomic E-state index is -3.89. The molecule has 2 aromatic carbocycles. The summed E-state index contributed by atoms with van der Waals surface area (Å²) in [5.74, 6) is -2.01. The van der Waals surface area contributed by atoms with Crippen LogP contribution in [0.1, 0.15) is 11.1 Å². The van der Waals surface area contributed by atoms with E-state index in [2.05, 4.69) is 0 Å². The minimum absolute atomic E-state index is 0.403. The van der Waals surface area contributed by atoms with Gasteiger partial charge < -0.3 is 0 Å². The van der Waals surface area contributed by atoms with Crippen LogP contribution in [0.25, 0.3) is 0 Å². The molecule has 4 nitrogen and oxygen atoms in total. The molecule has 0 spiro atoms. The lowest BCUT2D eigenvalue weighted by Gasteiger charge is -2.09. The maximum absolute atomic E-state index is 13.4. The molecular formula is C14H10F2N2O2S. The molecule has 0 bridgehead atoms. The van der Waals surface area contributed by atoms with Gasteiger partial charge in [-0.25, -0.2) is 17.2 Å². The topological polar surface area (TPSA) is 70.0 Å². The molecule has 0 radical (unpaired) electrons. The Morgan fingerprint density at radius 1 is 1.10 bits per heavy atom.